The number of oxazole rings is 1. The number of ether oxygens (including phenoxy) is 2. The van der Waals surface area contributed by atoms with E-state index in [2.05, 4.69) is 34.7 Å². The first kappa shape index (κ1) is 23.7. The Bertz CT molecular complexity index is 1160. The number of aryl methyl sites for hydroxylation is 2. The molecule has 0 saturated carbocycles. The van der Waals surface area contributed by atoms with Crippen LogP contribution in [0.15, 0.2) is 28.3 Å². The molecule has 0 bridgehead atoms. The van der Waals surface area contributed by atoms with Crippen molar-refractivity contribution in [3.63, 3.8) is 0 Å². The molecule has 0 N–H and O–H groups in total. The maximum absolute atomic E-state index is 13.8. The molecule has 2 aromatic rings. The van der Waals surface area contributed by atoms with E-state index in [9.17, 15) is 4.79 Å². The molecule has 1 aromatic carbocycles. The fourth-order valence-electron chi connectivity index (χ4n) is 6.28. The van der Waals surface area contributed by atoms with E-state index >= 15 is 0 Å². The lowest BCUT2D eigenvalue weighted by Gasteiger charge is -2.44. The van der Waals surface area contributed by atoms with Crippen LogP contribution < -0.4 is 9.47 Å². The SMILES string of the molecule is CCN1C(=O)N2Cc3cc(OC)cc(OC)c3[C@@H](C)C=C2C12CCN(Cc1nc(C)oc1C)CC2. The third kappa shape index (κ3) is 3.78. The van der Waals surface area contributed by atoms with Crippen molar-refractivity contribution in [1.82, 2.24) is 19.7 Å². The Kier molecular flexibility index (Phi) is 6.03. The second-order valence-corrected chi connectivity index (χ2v) is 9.90. The molecule has 8 heteroatoms. The summed E-state index contributed by atoms with van der Waals surface area (Å²) in [5, 5.41) is 0. The number of hydrogen-bond acceptors (Lipinski definition) is 6. The lowest BCUT2D eigenvalue weighted by atomic mass is 9.82. The van der Waals surface area contributed by atoms with Crippen LogP contribution in [0.25, 0.3) is 0 Å². The van der Waals surface area contributed by atoms with Gasteiger partial charge in [-0.2, -0.15) is 0 Å². The average molecular weight is 481 g/mol. The lowest BCUT2D eigenvalue weighted by Crippen LogP contribution is -2.53. The Balaban J connectivity index is 1.47. The summed E-state index contributed by atoms with van der Waals surface area (Å²) in [6, 6.07) is 4.08. The Morgan fingerprint density at radius 3 is 2.51 bits per heavy atom. The van der Waals surface area contributed by atoms with Crippen molar-refractivity contribution < 1.29 is 18.7 Å². The van der Waals surface area contributed by atoms with Crippen LogP contribution in [-0.4, -0.2) is 65.1 Å². The van der Waals surface area contributed by atoms with Crippen LogP contribution >= 0.6 is 0 Å². The molecule has 1 spiro atoms. The number of carbonyl (C=O) groups excluding carboxylic acids is 1. The molecule has 0 aliphatic carbocycles. The number of carbonyl (C=O) groups is 1. The molecule has 2 amide bonds. The summed E-state index contributed by atoms with van der Waals surface area (Å²) in [5.74, 6) is 3.28. The first-order valence-electron chi connectivity index (χ1n) is 12.5. The van der Waals surface area contributed by atoms with Gasteiger partial charge >= 0.3 is 6.03 Å². The first-order chi connectivity index (χ1) is 16.8. The largest absolute Gasteiger partial charge is 0.497 e. The van der Waals surface area contributed by atoms with Gasteiger partial charge in [0.15, 0.2) is 5.89 Å². The van der Waals surface area contributed by atoms with Gasteiger partial charge in [-0.3, -0.25) is 9.80 Å². The predicted octanol–water partition coefficient (Wildman–Crippen LogP) is 4.60. The molecule has 2 fully saturated rings. The first-order valence-corrected chi connectivity index (χ1v) is 12.5. The van der Waals surface area contributed by atoms with Gasteiger partial charge in [0.05, 0.1) is 32.0 Å². The highest BCUT2D eigenvalue weighted by atomic mass is 16.5. The van der Waals surface area contributed by atoms with E-state index in [-0.39, 0.29) is 17.5 Å². The number of piperidine rings is 1. The number of allylic oxidation sites excluding steroid dienone is 1. The Labute approximate surface area is 207 Å². The predicted molar refractivity (Wildman–Crippen MR) is 133 cm³/mol. The second kappa shape index (κ2) is 8.90. The van der Waals surface area contributed by atoms with Crippen LogP contribution in [0.5, 0.6) is 11.5 Å². The van der Waals surface area contributed by atoms with Crippen LogP contribution in [0.3, 0.4) is 0 Å². The summed E-state index contributed by atoms with van der Waals surface area (Å²) in [5.41, 5.74) is 4.08. The number of likely N-dealkylation sites (N-methyl/N-ethyl adjacent to an activating group) is 1. The Morgan fingerprint density at radius 1 is 1.17 bits per heavy atom. The molecule has 0 unspecified atom stereocenters. The van der Waals surface area contributed by atoms with Crippen molar-refractivity contribution in [2.24, 2.45) is 0 Å². The molecule has 5 rings (SSSR count). The van der Waals surface area contributed by atoms with Crippen LogP contribution in [0.4, 0.5) is 4.79 Å². The highest BCUT2D eigenvalue weighted by Crippen LogP contribution is 2.49. The molecule has 3 aliphatic rings. The molecule has 3 aliphatic heterocycles. The maximum Gasteiger partial charge on any atom is 0.325 e. The molecule has 0 radical (unpaired) electrons. The van der Waals surface area contributed by atoms with Gasteiger partial charge in [-0.05, 0) is 38.3 Å². The highest BCUT2D eigenvalue weighted by Gasteiger charge is 2.54. The maximum atomic E-state index is 13.8. The van der Waals surface area contributed by atoms with Crippen molar-refractivity contribution in [2.45, 2.75) is 65.1 Å². The Morgan fingerprint density at radius 2 is 1.91 bits per heavy atom. The number of likely N-dealkylation sites (tertiary alicyclic amines) is 1. The molecule has 2 saturated heterocycles. The van der Waals surface area contributed by atoms with Crippen LogP contribution in [0, 0.1) is 13.8 Å². The van der Waals surface area contributed by atoms with E-state index in [0.717, 1.165) is 72.3 Å². The number of amides is 2. The highest BCUT2D eigenvalue weighted by molar-refractivity contribution is 5.83. The minimum atomic E-state index is -0.287. The summed E-state index contributed by atoms with van der Waals surface area (Å²) >= 11 is 0. The normalized spacial score (nSPS) is 21.6. The molecule has 188 valence electrons. The lowest BCUT2D eigenvalue weighted by molar-refractivity contribution is 0.0880. The second-order valence-electron chi connectivity index (χ2n) is 9.90. The van der Waals surface area contributed by atoms with Gasteiger partial charge in [0.2, 0.25) is 0 Å². The average Bonchev–Trinajstić information content (AvgIpc) is 3.19. The van der Waals surface area contributed by atoms with Gasteiger partial charge in [-0.25, -0.2) is 9.78 Å². The molecule has 1 atom stereocenters. The smallest absolute Gasteiger partial charge is 0.325 e. The van der Waals surface area contributed by atoms with Crippen molar-refractivity contribution in [1.29, 1.82) is 0 Å². The van der Waals surface area contributed by atoms with Crippen LogP contribution in [0.2, 0.25) is 0 Å². The summed E-state index contributed by atoms with van der Waals surface area (Å²) in [4.78, 5) is 24.8. The third-order valence-corrected chi connectivity index (χ3v) is 7.97. The van der Waals surface area contributed by atoms with Crippen LogP contribution in [0.1, 0.15) is 61.1 Å². The van der Waals surface area contributed by atoms with E-state index in [0.29, 0.717) is 19.0 Å². The third-order valence-electron chi connectivity index (χ3n) is 7.97. The molecule has 1 aromatic heterocycles. The fourth-order valence-corrected chi connectivity index (χ4v) is 6.28. The number of hydrogen-bond donors (Lipinski definition) is 0. The summed E-state index contributed by atoms with van der Waals surface area (Å²) in [6.07, 6.45) is 4.10. The van der Waals surface area contributed by atoms with Crippen molar-refractivity contribution >= 4 is 6.03 Å². The van der Waals surface area contributed by atoms with Gasteiger partial charge in [-0.15, -0.1) is 0 Å². The van der Waals surface area contributed by atoms with E-state index in [4.69, 9.17) is 13.9 Å². The van der Waals surface area contributed by atoms with Gasteiger partial charge in [-0.1, -0.05) is 13.0 Å². The standard InChI is InChI=1S/C27H36N4O4/c1-7-31-26(32)30-15-20-13-21(33-5)14-23(34-6)25(20)17(2)12-24(30)27(31)8-10-29(11-9-27)16-22-18(3)35-19(4)28-22/h12-14,17H,7-11,15-16H2,1-6H3/t17-/m0/s1. The monoisotopic (exact) mass is 480 g/mol. The molecular formula is C27H36N4O4. The van der Waals surface area contributed by atoms with E-state index in [1.54, 1.807) is 14.2 Å². The minimum Gasteiger partial charge on any atom is -0.497 e. The number of methoxy groups -OCH3 is 2. The van der Waals surface area contributed by atoms with Crippen molar-refractivity contribution in [2.75, 3.05) is 33.9 Å². The van der Waals surface area contributed by atoms with Crippen LogP contribution in [-0.2, 0) is 13.1 Å². The summed E-state index contributed by atoms with van der Waals surface area (Å²) < 4.78 is 16.9. The zero-order valence-corrected chi connectivity index (χ0v) is 21.7. The number of rotatable bonds is 5. The molecular weight excluding hydrogens is 444 g/mol. The minimum absolute atomic E-state index is 0.0945. The van der Waals surface area contributed by atoms with Crippen molar-refractivity contribution in [3.8, 4) is 11.5 Å². The number of aromatic nitrogens is 1. The fraction of sp³-hybridized carbons (Fsp3) is 0.556. The van der Waals surface area contributed by atoms with Gasteiger partial charge < -0.3 is 18.8 Å². The van der Waals surface area contributed by atoms with Gasteiger partial charge in [0.25, 0.3) is 0 Å². The number of fused-ring (bicyclic) bond motifs is 3. The van der Waals surface area contributed by atoms with E-state index in [1.807, 2.05) is 30.9 Å². The number of urea groups is 1. The molecule has 4 heterocycles. The number of benzene rings is 1. The number of nitrogens with zero attached hydrogens (tertiary/aromatic N) is 4. The zero-order valence-electron chi connectivity index (χ0n) is 21.7. The Hall–Kier alpha value is -3.00. The van der Waals surface area contributed by atoms with Crippen molar-refractivity contribution in [3.05, 3.63) is 52.4 Å². The quantitative estimate of drug-likeness (QED) is 0.623. The summed E-state index contributed by atoms with van der Waals surface area (Å²) in [6.45, 7) is 12.0. The van der Waals surface area contributed by atoms with Gasteiger partial charge in [0.1, 0.15) is 17.3 Å². The molecule has 35 heavy (non-hydrogen) atoms. The van der Waals surface area contributed by atoms with Gasteiger partial charge in [0, 0.05) is 56.3 Å². The topological polar surface area (TPSA) is 71.3 Å². The molecule has 8 nitrogen and oxygen atoms in total. The zero-order chi connectivity index (χ0) is 24.9. The van der Waals surface area contributed by atoms with E-state index in [1.165, 1.54) is 0 Å². The van der Waals surface area contributed by atoms with E-state index < -0.39 is 0 Å². The summed E-state index contributed by atoms with van der Waals surface area (Å²) in [7, 11) is 3.36.